The molecule has 1 N–H and O–H groups in total. The highest BCUT2D eigenvalue weighted by Gasteiger charge is 2.47. The summed E-state index contributed by atoms with van der Waals surface area (Å²) < 4.78 is 18.8. The molecule has 1 amide bonds. The zero-order valence-corrected chi connectivity index (χ0v) is 17.3. The molecule has 0 radical (unpaired) electrons. The summed E-state index contributed by atoms with van der Waals surface area (Å²) >= 11 is 0. The molecular formula is C24H17FN2O6. The molecule has 8 nitrogen and oxygen atoms in total. The van der Waals surface area contributed by atoms with Crippen molar-refractivity contribution in [2.75, 3.05) is 12.0 Å². The Morgan fingerprint density at radius 2 is 1.76 bits per heavy atom. The van der Waals surface area contributed by atoms with Crippen molar-refractivity contribution >= 4 is 28.8 Å². The van der Waals surface area contributed by atoms with Gasteiger partial charge in [0.2, 0.25) is 0 Å². The maximum absolute atomic E-state index is 13.6. The van der Waals surface area contributed by atoms with E-state index in [9.17, 15) is 29.2 Å². The van der Waals surface area contributed by atoms with Crippen molar-refractivity contribution < 1.29 is 28.7 Å². The first-order valence-corrected chi connectivity index (χ1v) is 9.77. The van der Waals surface area contributed by atoms with Crippen LogP contribution in [0.3, 0.4) is 0 Å². The lowest BCUT2D eigenvalue weighted by molar-refractivity contribution is -0.384. The van der Waals surface area contributed by atoms with Crippen LogP contribution in [0.15, 0.2) is 78.4 Å². The van der Waals surface area contributed by atoms with Crippen LogP contribution in [0.1, 0.15) is 17.2 Å². The van der Waals surface area contributed by atoms with Gasteiger partial charge in [-0.25, -0.2) is 4.39 Å². The van der Waals surface area contributed by atoms with Gasteiger partial charge in [0.1, 0.15) is 17.3 Å². The lowest BCUT2D eigenvalue weighted by Gasteiger charge is -2.25. The van der Waals surface area contributed by atoms with E-state index < -0.39 is 34.2 Å². The Balaban J connectivity index is 1.95. The predicted octanol–water partition coefficient (Wildman–Crippen LogP) is 4.37. The minimum absolute atomic E-state index is 0.0000427. The zero-order chi connectivity index (χ0) is 23.7. The summed E-state index contributed by atoms with van der Waals surface area (Å²) in [4.78, 5) is 37.9. The average Bonchev–Trinajstić information content (AvgIpc) is 3.09. The number of nitrogens with zero attached hydrogens (tertiary/aromatic N) is 2. The average molecular weight is 448 g/mol. The number of hydrogen-bond acceptors (Lipinski definition) is 6. The van der Waals surface area contributed by atoms with Gasteiger partial charge in [-0.3, -0.25) is 24.6 Å². The Morgan fingerprint density at radius 1 is 1.06 bits per heavy atom. The standard InChI is InChI=1S/C24H17FN2O6/c1-33-19-7-3-5-17(13-19)26-21(14-8-10-16(25)11-9-14)20(23(29)24(26)30)22(28)15-4-2-6-18(12-15)27(31)32/h2-13,21,28H,1H3/b22-20-. The number of nitro benzene ring substituents is 1. The molecule has 0 saturated carbocycles. The van der Waals surface area contributed by atoms with Crippen LogP contribution in [0.25, 0.3) is 5.76 Å². The molecule has 1 saturated heterocycles. The fraction of sp³-hybridized carbons (Fsp3) is 0.0833. The lowest BCUT2D eigenvalue weighted by atomic mass is 9.95. The van der Waals surface area contributed by atoms with Gasteiger partial charge >= 0.3 is 0 Å². The van der Waals surface area contributed by atoms with Crippen molar-refractivity contribution in [1.82, 2.24) is 0 Å². The molecule has 1 fully saturated rings. The molecule has 1 aliphatic heterocycles. The summed E-state index contributed by atoms with van der Waals surface area (Å²) in [5.74, 6) is -2.54. The van der Waals surface area contributed by atoms with Gasteiger partial charge in [-0.1, -0.05) is 30.3 Å². The summed E-state index contributed by atoms with van der Waals surface area (Å²) in [5.41, 5.74) is 0.128. The monoisotopic (exact) mass is 448 g/mol. The number of carbonyl (C=O) groups excluding carboxylic acids is 2. The molecule has 1 heterocycles. The van der Waals surface area contributed by atoms with Crippen LogP contribution in [0.5, 0.6) is 5.75 Å². The summed E-state index contributed by atoms with van der Waals surface area (Å²) in [5, 5.41) is 22.2. The van der Waals surface area contributed by atoms with Gasteiger partial charge in [0.15, 0.2) is 0 Å². The molecule has 0 spiro atoms. The van der Waals surface area contributed by atoms with Crippen molar-refractivity contribution in [3.63, 3.8) is 0 Å². The van der Waals surface area contributed by atoms with Gasteiger partial charge in [0.25, 0.3) is 17.4 Å². The first-order valence-electron chi connectivity index (χ1n) is 9.77. The Morgan fingerprint density at radius 3 is 2.42 bits per heavy atom. The Labute approximate surface area is 187 Å². The van der Waals surface area contributed by atoms with E-state index in [-0.39, 0.29) is 16.8 Å². The lowest BCUT2D eigenvalue weighted by Crippen LogP contribution is -2.29. The van der Waals surface area contributed by atoms with Crippen LogP contribution in [0, 0.1) is 15.9 Å². The third-order valence-electron chi connectivity index (χ3n) is 5.29. The van der Waals surface area contributed by atoms with Crippen molar-refractivity contribution in [1.29, 1.82) is 0 Å². The Bertz CT molecular complexity index is 1300. The van der Waals surface area contributed by atoms with Crippen LogP contribution in [0.2, 0.25) is 0 Å². The molecule has 3 aromatic carbocycles. The van der Waals surface area contributed by atoms with Crippen molar-refractivity contribution in [3.05, 3.63) is 105 Å². The van der Waals surface area contributed by atoms with Crippen LogP contribution < -0.4 is 9.64 Å². The number of ketones is 1. The number of aliphatic hydroxyl groups is 1. The quantitative estimate of drug-likeness (QED) is 0.204. The highest BCUT2D eigenvalue weighted by molar-refractivity contribution is 6.51. The molecule has 1 unspecified atom stereocenters. The number of ether oxygens (including phenoxy) is 1. The summed E-state index contributed by atoms with van der Waals surface area (Å²) in [6.07, 6.45) is 0. The van der Waals surface area contributed by atoms with E-state index in [1.54, 1.807) is 24.3 Å². The van der Waals surface area contributed by atoms with Gasteiger partial charge in [-0.05, 0) is 29.8 Å². The largest absolute Gasteiger partial charge is 0.507 e. The maximum Gasteiger partial charge on any atom is 0.300 e. The van der Waals surface area contributed by atoms with Gasteiger partial charge in [0.05, 0.1) is 23.6 Å². The van der Waals surface area contributed by atoms with Gasteiger partial charge in [0, 0.05) is 29.4 Å². The van der Waals surface area contributed by atoms with Crippen LogP contribution in [-0.4, -0.2) is 28.8 Å². The first-order chi connectivity index (χ1) is 15.8. The number of rotatable bonds is 5. The highest BCUT2D eigenvalue weighted by atomic mass is 19.1. The molecule has 166 valence electrons. The molecule has 0 aromatic heterocycles. The van der Waals surface area contributed by atoms with Gasteiger partial charge in [-0.15, -0.1) is 0 Å². The molecule has 1 atom stereocenters. The van der Waals surface area contributed by atoms with E-state index in [1.165, 1.54) is 54.5 Å². The third-order valence-corrected chi connectivity index (χ3v) is 5.29. The molecule has 1 aliphatic rings. The number of carbonyl (C=O) groups is 2. The summed E-state index contributed by atoms with van der Waals surface area (Å²) in [6, 6.07) is 15.6. The number of halogens is 1. The molecule has 33 heavy (non-hydrogen) atoms. The molecule has 3 aromatic rings. The van der Waals surface area contributed by atoms with E-state index >= 15 is 0 Å². The second kappa shape index (κ2) is 8.54. The molecule has 0 aliphatic carbocycles. The maximum atomic E-state index is 13.6. The van der Waals surface area contributed by atoms with Gasteiger partial charge in [-0.2, -0.15) is 0 Å². The van der Waals surface area contributed by atoms with E-state index in [0.717, 1.165) is 6.07 Å². The van der Waals surface area contributed by atoms with Crippen molar-refractivity contribution in [2.45, 2.75) is 6.04 Å². The number of Topliss-reactive ketones (excluding diaryl/α,β-unsaturated/α-hetero) is 1. The normalized spacial score (nSPS) is 17.3. The predicted molar refractivity (Wildman–Crippen MR) is 117 cm³/mol. The highest BCUT2D eigenvalue weighted by Crippen LogP contribution is 2.43. The second-order valence-corrected chi connectivity index (χ2v) is 7.23. The number of nitro groups is 1. The zero-order valence-electron chi connectivity index (χ0n) is 17.3. The van der Waals surface area contributed by atoms with Crippen LogP contribution >= 0.6 is 0 Å². The third kappa shape index (κ3) is 3.91. The molecule has 4 rings (SSSR count). The number of non-ortho nitro benzene ring substituents is 1. The smallest absolute Gasteiger partial charge is 0.300 e. The number of amides is 1. The molecule has 9 heteroatoms. The number of anilines is 1. The van der Waals surface area contributed by atoms with Crippen LogP contribution in [-0.2, 0) is 9.59 Å². The van der Waals surface area contributed by atoms with Gasteiger partial charge < -0.3 is 9.84 Å². The minimum Gasteiger partial charge on any atom is -0.507 e. The fourth-order valence-corrected chi connectivity index (χ4v) is 3.74. The van der Waals surface area contributed by atoms with E-state index in [4.69, 9.17) is 4.74 Å². The van der Waals surface area contributed by atoms with Crippen molar-refractivity contribution in [2.24, 2.45) is 0 Å². The molecular weight excluding hydrogens is 431 g/mol. The SMILES string of the molecule is COc1cccc(N2C(=O)C(=O)/C(=C(\O)c3cccc([N+](=O)[O-])c3)C2c2ccc(F)cc2)c1. The summed E-state index contributed by atoms with van der Waals surface area (Å²) in [6.45, 7) is 0. The number of methoxy groups -OCH3 is 1. The molecule has 0 bridgehead atoms. The topological polar surface area (TPSA) is 110 Å². The Kier molecular flexibility index (Phi) is 5.61. The van der Waals surface area contributed by atoms with Crippen LogP contribution in [0.4, 0.5) is 15.8 Å². The fourth-order valence-electron chi connectivity index (χ4n) is 3.74. The number of aliphatic hydroxyl groups excluding tert-OH is 1. The Hall–Kier alpha value is -4.53. The van der Waals surface area contributed by atoms with E-state index in [2.05, 4.69) is 0 Å². The second-order valence-electron chi connectivity index (χ2n) is 7.23. The first kappa shape index (κ1) is 21.7. The van der Waals surface area contributed by atoms with E-state index in [0.29, 0.717) is 17.0 Å². The van der Waals surface area contributed by atoms with E-state index in [1.807, 2.05) is 0 Å². The summed E-state index contributed by atoms with van der Waals surface area (Å²) in [7, 11) is 1.45. The number of hydrogen-bond donors (Lipinski definition) is 1. The number of benzene rings is 3. The minimum atomic E-state index is -1.10. The van der Waals surface area contributed by atoms with Crippen molar-refractivity contribution in [3.8, 4) is 5.75 Å².